The first-order chi connectivity index (χ1) is 12.4. The number of para-hydroxylation sites is 1. The summed E-state index contributed by atoms with van der Waals surface area (Å²) in [6.07, 6.45) is 0.704. The number of esters is 1. The van der Waals surface area contributed by atoms with E-state index in [9.17, 15) is 19.7 Å². The minimum Gasteiger partial charge on any atom is -0.463 e. The number of rotatable bonds is 7. The van der Waals surface area contributed by atoms with E-state index in [0.29, 0.717) is 31.6 Å². The number of carbonyl (C=O) groups is 2. The van der Waals surface area contributed by atoms with Gasteiger partial charge >= 0.3 is 5.97 Å². The number of hydrogen-bond acceptors (Lipinski definition) is 6. The highest BCUT2D eigenvalue weighted by molar-refractivity contribution is 5.80. The van der Waals surface area contributed by atoms with E-state index in [2.05, 4.69) is 5.32 Å². The first-order valence-electron chi connectivity index (χ1n) is 8.69. The normalized spacial score (nSPS) is 16.1. The number of carbonyl (C=O) groups excluding carboxylic acids is 2. The van der Waals surface area contributed by atoms with Crippen LogP contribution >= 0.6 is 0 Å². The van der Waals surface area contributed by atoms with E-state index in [1.54, 1.807) is 32.0 Å². The van der Waals surface area contributed by atoms with Crippen molar-refractivity contribution in [2.24, 2.45) is 5.92 Å². The number of nitro benzene ring substituents is 1. The minimum absolute atomic E-state index is 0.137. The fourth-order valence-corrected chi connectivity index (χ4v) is 2.91. The van der Waals surface area contributed by atoms with E-state index in [-0.39, 0.29) is 30.0 Å². The van der Waals surface area contributed by atoms with Crippen LogP contribution < -0.4 is 5.32 Å². The zero-order chi connectivity index (χ0) is 19.1. The molecule has 8 heteroatoms. The van der Waals surface area contributed by atoms with Crippen LogP contribution in [0.15, 0.2) is 24.3 Å². The van der Waals surface area contributed by atoms with Crippen molar-refractivity contribution in [3.8, 4) is 0 Å². The topological polar surface area (TPSA) is 108 Å². The Morgan fingerprint density at radius 2 is 1.96 bits per heavy atom. The van der Waals surface area contributed by atoms with E-state index < -0.39 is 16.9 Å². The predicted octanol–water partition coefficient (Wildman–Crippen LogP) is 2.52. The molecule has 0 bridgehead atoms. The smallest absolute Gasteiger partial charge is 0.308 e. The second-order valence-corrected chi connectivity index (χ2v) is 6.51. The second-order valence-electron chi connectivity index (χ2n) is 6.51. The average molecular weight is 364 g/mol. The van der Waals surface area contributed by atoms with Gasteiger partial charge in [-0.2, -0.15) is 0 Å². The van der Waals surface area contributed by atoms with Crippen molar-refractivity contribution in [2.45, 2.75) is 45.3 Å². The summed E-state index contributed by atoms with van der Waals surface area (Å²) in [6.45, 7) is 4.45. The molecule has 0 aliphatic carbocycles. The molecule has 2 rings (SSSR count). The monoisotopic (exact) mass is 364 g/mol. The standard InChI is InChI=1S/C18H24N2O6/c1-12(2)26-17(21)11-15(14-5-3-4-6-16(14)20(23)24)19-18(22)13-7-9-25-10-8-13/h3-6,12-13,15H,7-11H2,1-2H3,(H,19,22)/t15-/m0/s1. The summed E-state index contributed by atoms with van der Waals surface area (Å²) in [4.78, 5) is 35.5. The molecule has 1 aliphatic heterocycles. The van der Waals surface area contributed by atoms with Crippen LogP contribution in [0.25, 0.3) is 0 Å². The summed E-state index contributed by atoms with van der Waals surface area (Å²) < 4.78 is 10.4. The van der Waals surface area contributed by atoms with Gasteiger partial charge in [-0.1, -0.05) is 18.2 Å². The number of nitrogens with zero attached hydrogens (tertiary/aromatic N) is 1. The molecule has 1 N–H and O–H groups in total. The third-order valence-electron chi connectivity index (χ3n) is 4.16. The molecular weight excluding hydrogens is 340 g/mol. The lowest BCUT2D eigenvalue weighted by Crippen LogP contribution is -2.38. The van der Waals surface area contributed by atoms with Crippen LogP contribution in [0.5, 0.6) is 0 Å². The molecule has 1 aromatic rings. The Morgan fingerprint density at radius 3 is 2.58 bits per heavy atom. The molecule has 8 nitrogen and oxygen atoms in total. The summed E-state index contributed by atoms with van der Waals surface area (Å²) in [5.41, 5.74) is 0.153. The number of ether oxygens (including phenoxy) is 2. The van der Waals surface area contributed by atoms with Crippen LogP contribution in [0.1, 0.15) is 44.7 Å². The van der Waals surface area contributed by atoms with Gasteiger partial charge in [0.1, 0.15) is 0 Å². The Hall–Kier alpha value is -2.48. The zero-order valence-corrected chi connectivity index (χ0v) is 15.0. The van der Waals surface area contributed by atoms with Crippen LogP contribution in [0.2, 0.25) is 0 Å². The fraction of sp³-hybridized carbons (Fsp3) is 0.556. The first-order valence-corrected chi connectivity index (χ1v) is 8.69. The molecule has 142 valence electrons. The second kappa shape index (κ2) is 9.28. The van der Waals surface area contributed by atoms with Crippen LogP contribution in [-0.2, 0) is 19.1 Å². The molecule has 0 radical (unpaired) electrons. The number of hydrogen-bond donors (Lipinski definition) is 1. The summed E-state index contributed by atoms with van der Waals surface area (Å²) >= 11 is 0. The molecule has 1 saturated heterocycles. The molecule has 0 spiro atoms. The highest BCUT2D eigenvalue weighted by Gasteiger charge is 2.29. The SMILES string of the molecule is CC(C)OC(=O)C[C@H](NC(=O)C1CCOCC1)c1ccccc1[N+](=O)[O-]. The molecule has 1 amide bonds. The molecule has 1 heterocycles. The highest BCUT2D eigenvalue weighted by atomic mass is 16.6. The summed E-state index contributed by atoms with van der Waals surface area (Å²) in [5, 5.41) is 14.1. The van der Waals surface area contributed by atoms with Crippen LogP contribution in [0, 0.1) is 16.0 Å². The first kappa shape index (κ1) is 19.8. The van der Waals surface area contributed by atoms with E-state index in [0.717, 1.165) is 0 Å². The lowest BCUT2D eigenvalue weighted by molar-refractivity contribution is -0.385. The number of amides is 1. The highest BCUT2D eigenvalue weighted by Crippen LogP contribution is 2.28. The summed E-state index contributed by atoms with van der Waals surface area (Å²) in [7, 11) is 0. The van der Waals surface area contributed by atoms with Crippen molar-refractivity contribution in [3.05, 3.63) is 39.9 Å². The maximum atomic E-state index is 12.6. The van der Waals surface area contributed by atoms with Crippen LogP contribution in [-0.4, -0.2) is 36.1 Å². The summed E-state index contributed by atoms with van der Waals surface area (Å²) in [6, 6.07) is 5.28. The quantitative estimate of drug-likeness (QED) is 0.452. The minimum atomic E-state index is -0.821. The van der Waals surface area contributed by atoms with Crippen molar-refractivity contribution in [1.82, 2.24) is 5.32 Å². The Bertz CT molecular complexity index is 655. The van der Waals surface area contributed by atoms with Gasteiger partial charge in [-0.15, -0.1) is 0 Å². The predicted molar refractivity (Wildman–Crippen MR) is 93.4 cm³/mol. The third-order valence-corrected chi connectivity index (χ3v) is 4.16. The van der Waals surface area contributed by atoms with Crippen molar-refractivity contribution in [2.75, 3.05) is 13.2 Å². The van der Waals surface area contributed by atoms with Gasteiger partial charge in [-0.25, -0.2) is 0 Å². The van der Waals surface area contributed by atoms with Gasteiger partial charge in [-0.3, -0.25) is 19.7 Å². The number of nitrogens with one attached hydrogen (secondary N) is 1. The molecule has 26 heavy (non-hydrogen) atoms. The third kappa shape index (κ3) is 5.52. The van der Waals surface area contributed by atoms with Crippen LogP contribution in [0.4, 0.5) is 5.69 Å². The van der Waals surface area contributed by atoms with Gasteiger partial charge in [0, 0.05) is 25.2 Å². The molecule has 0 saturated carbocycles. The van der Waals surface area contributed by atoms with Crippen molar-refractivity contribution >= 4 is 17.6 Å². The fourth-order valence-electron chi connectivity index (χ4n) is 2.91. The molecule has 0 unspecified atom stereocenters. The Kier molecular flexibility index (Phi) is 7.08. The van der Waals surface area contributed by atoms with Crippen molar-refractivity contribution < 1.29 is 24.0 Å². The maximum Gasteiger partial charge on any atom is 0.308 e. The lowest BCUT2D eigenvalue weighted by Gasteiger charge is -2.25. The van der Waals surface area contributed by atoms with Gasteiger partial charge in [0.15, 0.2) is 0 Å². The van der Waals surface area contributed by atoms with E-state index in [4.69, 9.17) is 9.47 Å². The Morgan fingerprint density at radius 1 is 1.31 bits per heavy atom. The van der Waals surface area contributed by atoms with E-state index in [1.165, 1.54) is 6.07 Å². The van der Waals surface area contributed by atoms with E-state index >= 15 is 0 Å². The average Bonchev–Trinajstić information content (AvgIpc) is 2.61. The zero-order valence-electron chi connectivity index (χ0n) is 15.0. The molecule has 1 atom stereocenters. The molecule has 1 aliphatic rings. The molecule has 1 aromatic carbocycles. The van der Waals surface area contributed by atoms with Crippen LogP contribution in [0.3, 0.4) is 0 Å². The maximum absolute atomic E-state index is 12.6. The largest absolute Gasteiger partial charge is 0.463 e. The molecular formula is C18H24N2O6. The van der Waals surface area contributed by atoms with Gasteiger partial charge in [0.05, 0.1) is 29.1 Å². The van der Waals surface area contributed by atoms with E-state index in [1.807, 2.05) is 0 Å². The van der Waals surface area contributed by atoms with Gasteiger partial charge in [0.2, 0.25) is 5.91 Å². The Balaban J connectivity index is 2.22. The molecule has 1 fully saturated rings. The molecule has 0 aromatic heterocycles. The lowest BCUT2D eigenvalue weighted by atomic mass is 9.96. The van der Waals surface area contributed by atoms with Gasteiger partial charge in [0.25, 0.3) is 5.69 Å². The number of nitro groups is 1. The van der Waals surface area contributed by atoms with Crippen molar-refractivity contribution in [1.29, 1.82) is 0 Å². The summed E-state index contributed by atoms with van der Waals surface area (Å²) in [5.74, 6) is -0.973. The number of benzene rings is 1. The Labute approximate surface area is 152 Å². The van der Waals surface area contributed by atoms with Gasteiger partial charge < -0.3 is 14.8 Å². The van der Waals surface area contributed by atoms with Gasteiger partial charge in [-0.05, 0) is 26.7 Å². The van der Waals surface area contributed by atoms with Crippen molar-refractivity contribution in [3.63, 3.8) is 0 Å².